The quantitative estimate of drug-likeness (QED) is 0.651. The van der Waals surface area contributed by atoms with Crippen LogP contribution < -0.4 is 11.3 Å². The largest absolute Gasteiger partial charge is 0.271 e. The molecule has 3 N–H and O–H groups in total. The molecule has 4 nitrogen and oxygen atoms in total. The van der Waals surface area contributed by atoms with Crippen LogP contribution in [0.25, 0.3) is 0 Å². The van der Waals surface area contributed by atoms with E-state index in [2.05, 4.69) is 23.5 Å². The topological polar surface area (TPSA) is 55.9 Å². The van der Waals surface area contributed by atoms with Crippen molar-refractivity contribution < 1.29 is 4.39 Å². The minimum absolute atomic E-state index is 0.191. The third-order valence-corrected chi connectivity index (χ3v) is 3.53. The molecule has 0 fully saturated rings. The van der Waals surface area contributed by atoms with Crippen molar-refractivity contribution in [3.05, 3.63) is 52.6 Å². The van der Waals surface area contributed by atoms with Crippen LogP contribution >= 0.6 is 0 Å². The average molecular weight is 276 g/mol. The van der Waals surface area contributed by atoms with Gasteiger partial charge in [-0.1, -0.05) is 13.0 Å². The molecule has 2 rings (SSSR count). The Morgan fingerprint density at radius 2 is 2.10 bits per heavy atom. The van der Waals surface area contributed by atoms with Gasteiger partial charge in [0.2, 0.25) is 0 Å². The Bertz CT molecular complexity index is 592. The first kappa shape index (κ1) is 14.7. The van der Waals surface area contributed by atoms with Crippen molar-refractivity contribution in [3.63, 3.8) is 0 Å². The Kier molecular flexibility index (Phi) is 4.52. The Morgan fingerprint density at radius 1 is 1.35 bits per heavy atom. The summed E-state index contributed by atoms with van der Waals surface area (Å²) in [5, 5.41) is 4.54. The molecule has 1 heterocycles. The molecule has 0 aliphatic heterocycles. The highest BCUT2D eigenvalue weighted by Crippen LogP contribution is 2.25. The number of nitrogens with one attached hydrogen (secondary N) is 1. The van der Waals surface area contributed by atoms with Crippen molar-refractivity contribution in [1.29, 1.82) is 0 Å². The Balaban J connectivity index is 2.48. The molecule has 1 aromatic heterocycles. The number of nitrogens with zero attached hydrogens (tertiary/aromatic N) is 2. The fourth-order valence-corrected chi connectivity index (χ4v) is 2.44. The van der Waals surface area contributed by atoms with Gasteiger partial charge in [0.1, 0.15) is 5.82 Å². The van der Waals surface area contributed by atoms with E-state index >= 15 is 0 Å². The van der Waals surface area contributed by atoms with Gasteiger partial charge in [-0.2, -0.15) is 5.10 Å². The highest BCUT2D eigenvalue weighted by Gasteiger charge is 2.20. The molecule has 1 atom stereocenters. The van der Waals surface area contributed by atoms with E-state index in [1.54, 1.807) is 6.07 Å². The highest BCUT2D eigenvalue weighted by molar-refractivity contribution is 5.35. The van der Waals surface area contributed by atoms with Crippen LogP contribution in [0.3, 0.4) is 0 Å². The average Bonchev–Trinajstić information content (AvgIpc) is 2.85. The maximum absolute atomic E-state index is 13.3. The van der Waals surface area contributed by atoms with Crippen molar-refractivity contribution >= 4 is 0 Å². The van der Waals surface area contributed by atoms with Gasteiger partial charge >= 0.3 is 0 Å². The van der Waals surface area contributed by atoms with Crippen LogP contribution in [0.15, 0.2) is 24.3 Å². The van der Waals surface area contributed by atoms with Gasteiger partial charge in [-0.25, -0.2) is 9.82 Å². The number of hydrogen-bond acceptors (Lipinski definition) is 3. The molecule has 1 unspecified atom stereocenters. The molecule has 1 aromatic carbocycles. The van der Waals surface area contributed by atoms with Crippen LogP contribution in [0.4, 0.5) is 4.39 Å². The fraction of sp³-hybridized carbons (Fsp3) is 0.400. The zero-order valence-corrected chi connectivity index (χ0v) is 12.2. The maximum atomic E-state index is 13.3. The number of hydrazine groups is 1. The fourth-order valence-electron chi connectivity index (χ4n) is 2.44. The lowest BCUT2D eigenvalue weighted by molar-refractivity contribution is 0.538. The Morgan fingerprint density at radius 3 is 2.65 bits per heavy atom. The molecule has 108 valence electrons. The summed E-state index contributed by atoms with van der Waals surface area (Å²) in [5.41, 5.74) is 6.69. The zero-order chi connectivity index (χ0) is 14.7. The van der Waals surface area contributed by atoms with E-state index in [1.807, 2.05) is 18.5 Å². The Hall–Kier alpha value is -1.72. The van der Waals surface area contributed by atoms with E-state index in [-0.39, 0.29) is 11.9 Å². The van der Waals surface area contributed by atoms with Gasteiger partial charge in [-0.15, -0.1) is 0 Å². The van der Waals surface area contributed by atoms with Crippen LogP contribution in [-0.2, 0) is 13.0 Å². The molecule has 0 saturated heterocycles. The second-order valence-corrected chi connectivity index (χ2v) is 4.83. The summed E-state index contributed by atoms with van der Waals surface area (Å²) in [6, 6.07) is 6.61. The van der Waals surface area contributed by atoms with Crippen molar-refractivity contribution in [2.75, 3.05) is 0 Å². The van der Waals surface area contributed by atoms with Crippen molar-refractivity contribution in [2.45, 2.75) is 39.8 Å². The van der Waals surface area contributed by atoms with E-state index in [4.69, 9.17) is 5.84 Å². The summed E-state index contributed by atoms with van der Waals surface area (Å²) in [4.78, 5) is 0. The number of aromatic nitrogens is 2. The summed E-state index contributed by atoms with van der Waals surface area (Å²) < 4.78 is 15.2. The second-order valence-electron chi connectivity index (χ2n) is 4.83. The third-order valence-electron chi connectivity index (χ3n) is 3.53. The zero-order valence-electron chi connectivity index (χ0n) is 12.2. The van der Waals surface area contributed by atoms with Gasteiger partial charge in [-0.05, 0) is 49.6 Å². The van der Waals surface area contributed by atoms with Crippen molar-refractivity contribution in [3.8, 4) is 0 Å². The molecule has 0 spiro atoms. The second kappa shape index (κ2) is 6.15. The predicted molar refractivity (Wildman–Crippen MR) is 77.6 cm³/mol. The molecule has 0 amide bonds. The molecule has 0 radical (unpaired) electrons. The lowest BCUT2D eigenvalue weighted by Gasteiger charge is -2.19. The molecule has 2 aromatic rings. The first-order chi connectivity index (χ1) is 9.60. The highest BCUT2D eigenvalue weighted by atomic mass is 19.1. The van der Waals surface area contributed by atoms with Gasteiger partial charge in [0.15, 0.2) is 0 Å². The lowest BCUT2D eigenvalue weighted by atomic mass is 9.98. The molecule has 0 aliphatic carbocycles. The summed E-state index contributed by atoms with van der Waals surface area (Å²) in [6.45, 7) is 6.77. The van der Waals surface area contributed by atoms with Crippen LogP contribution in [0.2, 0.25) is 0 Å². The molecule has 0 bridgehead atoms. The third kappa shape index (κ3) is 2.73. The smallest absolute Gasteiger partial charge is 0.123 e. The standard InChI is InChI=1S/C15H21FN4/c1-4-12-9-14(20(5-2)19-12)15(18-17)13-7-6-11(16)8-10(13)3/h6-9,15,18H,4-5,17H2,1-3H3. The van der Waals surface area contributed by atoms with E-state index in [9.17, 15) is 4.39 Å². The van der Waals surface area contributed by atoms with E-state index in [0.717, 1.165) is 35.5 Å². The minimum Gasteiger partial charge on any atom is -0.271 e. The molecular formula is C15H21FN4. The molecule has 0 saturated carbocycles. The van der Waals surface area contributed by atoms with Crippen molar-refractivity contribution in [1.82, 2.24) is 15.2 Å². The van der Waals surface area contributed by atoms with Gasteiger partial charge < -0.3 is 0 Å². The summed E-state index contributed by atoms with van der Waals surface area (Å²) in [5.74, 6) is 5.50. The van der Waals surface area contributed by atoms with E-state index in [0.29, 0.717) is 0 Å². The van der Waals surface area contributed by atoms with Crippen LogP contribution in [0, 0.1) is 12.7 Å². The minimum atomic E-state index is -0.236. The number of aryl methyl sites for hydroxylation is 3. The monoisotopic (exact) mass is 276 g/mol. The number of nitrogens with two attached hydrogens (primary N) is 1. The number of benzene rings is 1. The first-order valence-electron chi connectivity index (χ1n) is 6.89. The molecule has 20 heavy (non-hydrogen) atoms. The summed E-state index contributed by atoms with van der Waals surface area (Å²) in [7, 11) is 0. The number of rotatable bonds is 5. The van der Waals surface area contributed by atoms with E-state index in [1.165, 1.54) is 12.1 Å². The number of halogens is 1. The van der Waals surface area contributed by atoms with Crippen LogP contribution in [-0.4, -0.2) is 9.78 Å². The van der Waals surface area contributed by atoms with Crippen LogP contribution in [0.5, 0.6) is 0 Å². The predicted octanol–water partition coefficient (Wildman–Crippen LogP) is 2.47. The number of hydrogen-bond donors (Lipinski definition) is 2. The first-order valence-corrected chi connectivity index (χ1v) is 6.89. The summed E-state index contributed by atoms with van der Waals surface area (Å²) in [6.07, 6.45) is 0.875. The van der Waals surface area contributed by atoms with Gasteiger partial charge in [-0.3, -0.25) is 10.5 Å². The molecule has 5 heteroatoms. The SMILES string of the molecule is CCc1cc(C(NN)c2ccc(F)cc2C)n(CC)n1. The summed E-state index contributed by atoms with van der Waals surface area (Å²) >= 11 is 0. The normalized spacial score (nSPS) is 12.7. The maximum Gasteiger partial charge on any atom is 0.123 e. The van der Waals surface area contributed by atoms with E-state index < -0.39 is 0 Å². The van der Waals surface area contributed by atoms with Gasteiger partial charge in [0, 0.05) is 6.54 Å². The van der Waals surface area contributed by atoms with Gasteiger partial charge in [0.05, 0.1) is 17.4 Å². The Labute approximate surface area is 118 Å². The molecular weight excluding hydrogens is 255 g/mol. The lowest BCUT2D eigenvalue weighted by Crippen LogP contribution is -2.31. The van der Waals surface area contributed by atoms with Crippen LogP contribution in [0.1, 0.15) is 42.4 Å². The van der Waals surface area contributed by atoms with Gasteiger partial charge in [0.25, 0.3) is 0 Å². The van der Waals surface area contributed by atoms with Crippen molar-refractivity contribution in [2.24, 2.45) is 5.84 Å². The molecule has 0 aliphatic rings.